The minimum Gasteiger partial charge on any atom is -0.328 e. The highest BCUT2D eigenvalue weighted by atomic mass is 32.2. The Morgan fingerprint density at radius 2 is 1.86 bits per heavy atom. The van der Waals surface area contributed by atoms with Crippen molar-refractivity contribution in [3.8, 4) is 0 Å². The van der Waals surface area contributed by atoms with Crippen molar-refractivity contribution in [1.82, 2.24) is 23.7 Å². The van der Waals surface area contributed by atoms with Gasteiger partial charge in [0.15, 0.2) is 4.21 Å². The van der Waals surface area contributed by atoms with Gasteiger partial charge in [-0.15, -0.1) is 11.3 Å². The summed E-state index contributed by atoms with van der Waals surface area (Å²) in [5, 5.41) is 0.599. The van der Waals surface area contributed by atoms with E-state index in [9.17, 15) is 17.2 Å². The fraction of sp³-hybridized carbons (Fsp3) is 0.478. The molecule has 1 fully saturated rings. The van der Waals surface area contributed by atoms with E-state index < -0.39 is 16.2 Å². The molecule has 0 bridgehead atoms. The highest BCUT2D eigenvalue weighted by Gasteiger charge is 2.30. The summed E-state index contributed by atoms with van der Waals surface area (Å²) in [6.45, 7) is 4.54. The van der Waals surface area contributed by atoms with Gasteiger partial charge >= 0.3 is 0 Å². The molecule has 2 N–H and O–H groups in total. The predicted molar refractivity (Wildman–Crippen MR) is 131 cm³/mol. The van der Waals surface area contributed by atoms with E-state index >= 15 is 0 Å². The first-order chi connectivity index (χ1) is 16.8. The van der Waals surface area contributed by atoms with Crippen molar-refractivity contribution in [2.45, 2.75) is 42.7 Å². The molecule has 8 nitrogen and oxygen atoms in total. The van der Waals surface area contributed by atoms with Gasteiger partial charge in [0, 0.05) is 51.9 Å². The van der Waals surface area contributed by atoms with Crippen LogP contribution in [0, 0.1) is 5.82 Å². The van der Waals surface area contributed by atoms with Crippen LogP contribution in [0.15, 0.2) is 47.2 Å². The number of aromatic nitrogens is 3. The summed E-state index contributed by atoms with van der Waals surface area (Å²) in [6.07, 6.45) is 4.45. The second-order valence-corrected chi connectivity index (χ2v) is 11.9. The Hall–Kier alpha value is -2.25. The van der Waals surface area contributed by atoms with Crippen molar-refractivity contribution >= 4 is 21.4 Å². The number of aryl methyl sites for hydroxylation is 1. The number of benzene rings is 1. The number of rotatable bonds is 10. The Kier molecular flexibility index (Phi) is 8.27. The molecule has 0 amide bonds. The quantitative estimate of drug-likeness (QED) is 0.438. The van der Waals surface area contributed by atoms with Crippen LogP contribution in [0.2, 0.25) is 0 Å². The van der Waals surface area contributed by atoms with Crippen LogP contribution in [0.1, 0.15) is 35.7 Å². The lowest BCUT2D eigenvalue weighted by atomic mass is 10.1. The smallest absolute Gasteiger partial charge is 0.254 e. The Bertz CT molecular complexity index is 1210. The third-order valence-corrected chi connectivity index (χ3v) is 9.68. The number of sulfonamides is 1. The van der Waals surface area contributed by atoms with E-state index in [0.717, 1.165) is 22.6 Å². The zero-order valence-corrected chi connectivity index (χ0v) is 21.2. The molecule has 1 aliphatic heterocycles. The molecule has 2 atom stereocenters. The molecule has 0 saturated carbocycles. The van der Waals surface area contributed by atoms with Gasteiger partial charge in [-0.2, -0.15) is 4.31 Å². The molecule has 1 saturated heterocycles. The van der Waals surface area contributed by atoms with Crippen LogP contribution < -0.4 is 5.73 Å². The predicted octanol–water partition coefficient (Wildman–Crippen LogP) is 2.82. The average Bonchev–Trinajstić information content (AvgIpc) is 3.53. The summed E-state index contributed by atoms with van der Waals surface area (Å²) in [6, 6.07) is 6.43. The molecule has 3 aromatic rings. The van der Waals surface area contributed by atoms with Crippen molar-refractivity contribution < 1.29 is 17.2 Å². The van der Waals surface area contributed by atoms with E-state index in [2.05, 4.69) is 19.4 Å². The summed E-state index contributed by atoms with van der Waals surface area (Å²) in [5.41, 5.74) is 7.29. The van der Waals surface area contributed by atoms with Gasteiger partial charge in [0.05, 0.1) is 29.3 Å². The van der Waals surface area contributed by atoms with Gasteiger partial charge in [0.1, 0.15) is 12.0 Å². The van der Waals surface area contributed by atoms with Crippen molar-refractivity contribution in [1.29, 1.82) is 0 Å². The second kappa shape index (κ2) is 11.2. The third-order valence-electron chi connectivity index (χ3n) is 6.29. The van der Waals surface area contributed by atoms with Crippen molar-refractivity contribution in [2.24, 2.45) is 5.73 Å². The fourth-order valence-corrected chi connectivity index (χ4v) is 6.89. The van der Waals surface area contributed by atoms with E-state index in [1.54, 1.807) is 18.5 Å². The number of alkyl halides is 1. The van der Waals surface area contributed by atoms with Crippen molar-refractivity contribution in [2.75, 3.05) is 32.7 Å². The number of thiazole rings is 1. The van der Waals surface area contributed by atoms with Gasteiger partial charge in [-0.1, -0.05) is 12.1 Å². The molecule has 0 aliphatic carbocycles. The summed E-state index contributed by atoms with van der Waals surface area (Å²) in [7, 11) is -3.64. The second-order valence-electron chi connectivity index (χ2n) is 8.64. The molecular weight excluding hydrogens is 494 g/mol. The van der Waals surface area contributed by atoms with E-state index in [4.69, 9.17) is 5.73 Å². The SMILES string of the molecule is C[C@H](c1ccc(F)cc1)n1cncc1CN1CCN(S(=O)(=O)c2cnc(CCC(F)CN)s2)CC1. The molecule has 4 rings (SSSR count). The topological polar surface area (TPSA) is 97.4 Å². The average molecular weight is 525 g/mol. The Balaban J connectivity index is 1.35. The molecule has 3 heterocycles. The first-order valence-electron chi connectivity index (χ1n) is 11.6. The Morgan fingerprint density at radius 1 is 1.14 bits per heavy atom. The number of hydrogen-bond donors (Lipinski definition) is 1. The number of imidazole rings is 1. The molecular formula is C23H30F2N6O2S2. The third kappa shape index (κ3) is 6.12. The van der Waals surface area contributed by atoms with Crippen LogP contribution in [0.5, 0.6) is 0 Å². The minimum atomic E-state index is -3.64. The summed E-state index contributed by atoms with van der Waals surface area (Å²) >= 11 is 1.10. The largest absolute Gasteiger partial charge is 0.328 e. The van der Waals surface area contributed by atoms with Gasteiger partial charge in [-0.05, 0) is 31.0 Å². The van der Waals surface area contributed by atoms with E-state index in [1.165, 1.54) is 22.6 Å². The van der Waals surface area contributed by atoms with Gasteiger partial charge in [-0.25, -0.2) is 27.2 Å². The van der Waals surface area contributed by atoms with Gasteiger partial charge < -0.3 is 10.3 Å². The normalized spacial score (nSPS) is 17.5. The van der Waals surface area contributed by atoms with Gasteiger partial charge in [0.25, 0.3) is 10.0 Å². The molecule has 35 heavy (non-hydrogen) atoms. The van der Waals surface area contributed by atoms with Crippen LogP contribution >= 0.6 is 11.3 Å². The van der Waals surface area contributed by atoms with Crippen LogP contribution in [-0.4, -0.2) is 71.1 Å². The zero-order valence-electron chi connectivity index (χ0n) is 19.6. The maximum atomic E-state index is 13.4. The maximum absolute atomic E-state index is 13.4. The van der Waals surface area contributed by atoms with Crippen LogP contribution in [0.4, 0.5) is 8.78 Å². The fourth-order valence-electron chi connectivity index (χ4n) is 4.12. The number of halogens is 2. The zero-order chi connectivity index (χ0) is 25.0. The highest BCUT2D eigenvalue weighted by molar-refractivity contribution is 7.91. The monoisotopic (exact) mass is 524 g/mol. The minimum absolute atomic E-state index is 0.00665. The molecule has 2 aromatic heterocycles. The number of hydrogen-bond acceptors (Lipinski definition) is 7. The number of nitrogens with zero attached hydrogens (tertiary/aromatic N) is 5. The lowest BCUT2D eigenvalue weighted by Gasteiger charge is -2.33. The lowest BCUT2D eigenvalue weighted by molar-refractivity contribution is 0.178. The molecule has 0 radical (unpaired) electrons. The summed E-state index contributed by atoms with van der Waals surface area (Å²) < 4.78 is 56.6. The van der Waals surface area contributed by atoms with Crippen molar-refractivity contribution in [3.63, 3.8) is 0 Å². The lowest BCUT2D eigenvalue weighted by Crippen LogP contribution is -2.48. The van der Waals surface area contributed by atoms with E-state index in [-0.39, 0.29) is 29.0 Å². The molecule has 0 spiro atoms. The maximum Gasteiger partial charge on any atom is 0.254 e. The molecule has 190 valence electrons. The highest BCUT2D eigenvalue weighted by Crippen LogP contribution is 2.26. The molecule has 12 heteroatoms. The summed E-state index contributed by atoms with van der Waals surface area (Å²) in [4.78, 5) is 10.7. The molecule has 1 aliphatic rings. The van der Waals surface area contributed by atoms with Crippen LogP contribution in [-0.2, 0) is 23.0 Å². The summed E-state index contributed by atoms with van der Waals surface area (Å²) in [5.74, 6) is -0.269. The standard InChI is InChI=1S/C23H30F2N6O2S2/c1-17(18-2-4-19(24)5-3-18)31-16-27-13-21(31)15-29-8-10-30(11-9-29)35(32,33)23-14-28-22(34-23)7-6-20(25)12-26/h2-5,13-14,16-17,20H,6-12,15,26H2,1H3/t17-,20?/m1/s1. The molecule has 1 unspecified atom stereocenters. The number of nitrogens with two attached hydrogens (primary N) is 1. The van der Waals surface area contributed by atoms with Crippen molar-refractivity contribution in [3.05, 3.63) is 65.1 Å². The Morgan fingerprint density at radius 3 is 2.54 bits per heavy atom. The first kappa shape index (κ1) is 25.8. The molecule has 1 aromatic carbocycles. The van der Waals surface area contributed by atoms with Gasteiger partial charge in [0.2, 0.25) is 0 Å². The Labute approximate surface area is 208 Å². The van der Waals surface area contributed by atoms with E-state index in [0.29, 0.717) is 44.2 Å². The number of piperazine rings is 1. The van der Waals surface area contributed by atoms with Crippen LogP contribution in [0.3, 0.4) is 0 Å². The van der Waals surface area contributed by atoms with E-state index in [1.807, 2.05) is 13.1 Å². The van der Waals surface area contributed by atoms with Crippen LogP contribution in [0.25, 0.3) is 0 Å². The first-order valence-corrected chi connectivity index (χ1v) is 13.8. The van der Waals surface area contributed by atoms with Gasteiger partial charge in [-0.3, -0.25) is 4.90 Å².